The van der Waals surface area contributed by atoms with E-state index >= 15 is 0 Å². The van der Waals surface area contributed by atoms with Crippen LogP contribution in [0.2, 0.25) is 0 Å². The predicted molar refractivity (Wildman–Crippen MR) is 69.9 cm³/mol. The van der Waals surface area contributed by atoms with Crippen LogP contribution in [0.5, 0.6) is 11.5 Å². The van der Waals surface area contributed by atoms with Gasteiger partial charge in [-0.05, 0) is 38.1 Å². The van der Waals surface area contributed by atoms with Crippen LogP contribution >= 0.6 is 0 Å². The summed E-state index contributed by atoms with van der Waals surface area (Å²) in [6.07, 6.45) is 1.81. The van der Waals surface area contributed by atoms with Crippen molar-refractivity contribution in [2.75, 3.05) is 13.2 Å². The van der Waals surface area contributed by atoms with Crippen LogP contribution < -0.4 is 9.47 Å². The van der Waals surface area contributed by atoms with E-state index in [1.807, 2.05) is 13.8 Å². The molecule has 19 heavy (non-hydrogen) atoms. The Morgan fingerprint density at radius 3 is 2.32 bits per heavy atom. The van der Waals surface area contributed by atoms with Gasteiger partial charge in [-0.15, -0.1) is 0 Å². The fourth-order valence-electron chi connectivity index (χ4n) is 1.45. The van der Waals surface area contributed by atoms with E-state index in [9.17, 15) is 9.59 Å². The van der Waals surface area contributed by atoms with Crippen LogP contribution in [0.15, 0.2) is 30.4 Å². The van der Waals surface area contributed by atoms with Crippen molar-refractivity contribution in [2.24, 2.45) is 0 Å². The summed E-state index contributed by atoms with van der Waals surface area (Å²) in [5.41, 5.74) is 0.351. The van der Waals surface area contributed by atoms with Gasteiger partial charge in [-0.3, -0.25) is 4.79 Å². The minimum Gasteiger partial charge on any atom is -0.490 e. The van der Waals surface area contributed by atoms with Gasteiger partial charge in [-0.1, -0.05) is 0 Å². The molecule has 0 spiro atoms. The number of rotatable bonds is 7. The number of carbonyl (C=O) groups is 2. The van der Waals surface area contributed by atoms with Crippen molar-refractivity contribution in [3.8, 4) is 11.5 Å². The second kappa shape index (κ2) is 7.20. The minimum absolute atomic E-state index is 0.351. The second-order valence-corrected chi connectivity index (χ2v) is 3.56. The average molecular weight is 264 g/mol. The molecule has 1 aromatic carbocycles. The molecule has 1 aromatic rings. The molecule has 0 aliphatic carbocycles. The predicted octanol–water partition coefficient (Wildman–Crippen LogP) is 2.31. The molecule has 0 saturated heterocycles. The Bertz CT molecular complexity index is 491. The first-order valence-corrected chi connectivity index (χ1v) is 5.93. The molecule has 0 fully saturated rings. The fourth-order valence-corrected chi connectivity index (χ4v) is 1.45. The van der Waals surface area contributed by atoms with Gasteiger partial charge in [-0.25, -0.2) is 4.79 Å². The van der Waals surface area contributed by atoms with E-state index in [2.05, 4.69) is 0 Å². The Kier molecular flexibility index (Phi) is 5.60. The number of carboxylic acid groups (broad SMARTS) is 1. The smallest absolute Gasteiger partial charge is 0.328 e. The Morgan fingerprint density at radius 2 is 1.74 bits per heavy atom. The number of benzene rings is 1. The number of hydrogen-bond donors (Lipinski definition) is 1. The Hall–Kier alpha value is -2.30. The molecule has 102 valence electrons. The zero-order valence-electron chi connectivity index (χ0n) is 10.9. The lowest BCUT2D eigenvalue weighted by Crippen LogP contribution is -2.02. The highest BCUT2D eigenvalue weighted by Gasteiger charge is 2.09. The quantitative estimate of drug-likeness (QED) is 0.604. The average Bonchev–Trinajstić information content (AvgIpc) is 2.38. The van der Waals surface area contributed by atoms with E-state index in [1.54, 1.807) is 18.2 Å². The molecule has 1 N–H and O–H groups in total. The molecule has 1 rings (SSSR count). The van der Waals surface area contributed by atoms with Gasteiger partial charge >= 0.3 is 5.97 Å². The van der Waals surface area contributed by atoms with Crippen LogP contribution in [0.1, 0.15) is 24.2 Å². The molecule has 5 nitrogen and oxygen atoms in total. The van der Waals surface area contributed by atoms with Crippen LogP contribution in [0.3, 0.4) is 0 Å². The number of carboxylic acids is 1. The number of ether oxygens (including phenoxy) is 2. The molecule has 5 heteroatoms. The van der Waals surface area contributed by atoms with Crippen molar-refractivity contribution in [3.63, 3.8) is 0 Å². The van der Waals surface area contributed by atoms with Crippen molar-refractivity contribution >= 4 is 11.8 Å². The molecule has 0 aliphatic heterocycles. The summed E-state index contributed by atoms with van der Waals surface area (Å²) in [5, 5.41) is 8.48. The van der Waals surface area contributed by atoms with Crippen LogP contribution in [-0.4, -0.2) is 30.1 Å². The summed E-state index contributed by atoms with van der Waals surface area (Å²) in [6, 6.07) is 4.75. The van der Waals surface area contributed by atoms with Crippen molar-refractivity contribution in [2.45, 2.75) is 13.8 Å². The van der Waals surface area contributed by atoms with Gasteiger partial charge in [0.25, 0.3) is 0 Å². The number of hydrogen-bond acceptors (Lipinski definition) is 4. The number of carbonyl (C=O) groups excluding carboxylic acids is 1. The number of aliphatic carboxylic acids is 1. The molecule has 0 heterocycles. The van der Waals surface area contributed by atoms with Gasteiger partial charge < -0.3 is 14.6 Å². The molecule has 0 aliphatic rings. The van der Waals surface area contributed by atoms with Crippen molar-refractivity contribution in [3.05, 3.63) is 35.9 Å². The SMILES string of the molecule is CCOc1ccc(C(=O)/C=C/C(=O)O)cc1OCC. The Labute approximate surface area is 111 Å². The first kappa shape index (κ1) is 14.8. The molecule has 0 aromatic heterocycles. The molecule has 0 atom stereocenters. The van der Waals surface area contributed by atoms with Gasteiger partial charge in [-0.2, -0.15) is 0 Å². The molecular weight excluding hydrogens is 248 g/mol. The highest BCUT2D eigenvalue weighted by atomic mass is 16.5. The summed E-state index contributed by atoms with van der Waals surface area (Å²) in [7, 11) is 0. The van der Waals surface area contributed by atoms with E-state index in [0.29, 0.717) is 30.3 Å². The molecule has 0 amide bonds. The molecule has 0 saturated carbocycles. The van der Waals surface area contributed by atoms with E-state index < -0.39 is 11.8 Å². The lowest BCUT2D eigenvalue weighted by atomic mass is 10.1. The lowest BCUT2D eigenvalue weighted by Gasteiger charge is -2.11. The third kappa shape index (κ3) is 4.46. The molecule has 0 bridgehead atoms. The summed E-state index contributed by atoms with van der Waals surface area (Å²) < 4.78 is 10.8. The Morgan fingerprint density at radius 1 is 1.11 bits per heavy atom. The maximum Gasteiger partial charge on any atom is 0.328 e. The second-order valence-electron chi connectivity index (χ2n) is 3.56. The normalized spacial score (nSPS) is 10.4. The van der Waals surface area contributed by atoms with Crippen LogP contribution in [0.4, 0.5) is 0 Å². The van der Waals surface area contributed by atoms with E-state index in [1.165, 1.54) is 0 Å². The monoisotopic (exact) mass is 264 g/mol. The van der Waals surface area contributed by atoms with Gasteiger partial charge in [0, 0.05) is 11.6 Å². The van der Waals surface area contributed by atoms with Crippen LogP contribution in [0.25, 0.3) is 0 Å². The van der Waals surface area contributed by atoms with E-state index in [0.717, 1.165) is 12.2 Å². The van der Waals surface area contributed by atoms with Crippen molar-refractivity contribution in [1.82, 2.24) is 0 Å². The lowest BCUT2D eigenvalue weighted by molar-refractivity contribution is -0.131. The van der Waals surface area contributed by atoms with Crippen LogP contribution in [0, 0.1) is 0 Å². The van der Waals surface area contributed by atoms with Gasteiger partial charge in [0.2, 0.25) is 0 Å². The number of ketones is 1. The maximum atomic E-state index is 11.7. The van der Waals surface area contributed by atoms with Gasteiger partial charge in [0.05, 0.1) is 13.2 Å². The fraction of sp³-hybridized carbons (Fsp3) is 0.286. The van der Waals surface area contributed by atoms with E-state index in [-0.39, 0.29) is 0 Å². The minimum atomic E-state index is -1.16. The summed E-state index contributed by atoms with van der Waals surface area (Å²) >= 11 is 0. The third-order valence-corrected chi connectivity index (χ3v) is 2.21. The molecular formula is C14H16O5. The highest BCUT2D eigenvalue weighted by molar-refractivity contribution is 6.07. The zero-order chi connectivity index (χ0) is 14.3. The third-order valence-electron chi connectivity index (χ3n) is 2.21. The van der Waals surface area contributed by atoms with Crippen molar-refractivity contribution < 1.29 is 24.2 Å². The van der Waals surface area contributed by atoms with E-state index in [4.69, 9.17) is 14.6 Å². The summed E-state index contributed by atoms with van der Waals surface area (Å²) in [5.74, 6) is -0.530. The van der Waals surface area contributed by atoms with Gasteiger partial charge in [0.15, 0.2) is 17.3 Å². The topological polar surface area (TPSA) is 72.8 Å². The van der Waals surface area contributed by atoms with Crippen molar-refractivity contribution in [1.29, 1.82) is 0 Å². The molecule has 0 unspecified atom stereocenters. The first-order valence-electron chi connectivity index (χ1n) is 5.93. The molecule has 0 radical (unpaired) electrons. The van der Waals surface area contributed by atoms with Gasteiger partial charge in [0.1, 0.15) is 0 Å². The number of allylic oxidation sites excluding steroid dienone is 1. The highest BCUT2D eigenvalue weighted by Crippen LogP contribution is 2.28. The summed E-state index contributed by atoms with van der Waals surface area (Å²) in [4.78, 5) is 22.1. The zero-order valence-corrected chi connectivity index (χ0v) is 10.9. The standard InChI is InChI=1S/C14H16O5/c1-3-18-12-7-5-10(9-13(12)19-4-2)11(15)6-8-14(16)17/h5-9H,3-4H2,1-2H3,(H,16,17)/b8-6+. The Balaban J connectivity index is 3.00. The maximum absolute atomic E-state index is 11.7. The summed E-state index contributed by atoms with van der Waals surface area (Å²) in [6.45, 7) is 4.62. The van der Waals surface area contributed by atoms with Crippen LogP contribution in [-0.2, 0) is 4.79 Å². The first-order chi connectivity index (χ1) is 9.08. The largest absolute Gasteiger partial charge is 0.490 e.